The van der Waals surface area contributed by atoms with Crippen LogP contribution in [0.5, 0.6) is 0 Å². The molecule has 176 valence electrons. The minimum absolute atomic E-state index is 0.0231. The first-order chi connectivity index (χ1) is 16.2. The van der Waals surface area contributed by atoms with E-state index in [0.717, 1.165) is 16.4 Å². The van der Waals surface area contributed by atoms with Crippen LogP contribution in [-0.4, -0.2) is 49.7 Å². The molecule has 3 amide bonds. The van der Waals surface area contributed by atoms with Crippen molar-refractivity contribution in [3.63, 3.8) is 0 Å². The molecule has 0 aromatic heterocycles. The molecule has 0 radical (unpaired) electrons. The Hall–Kier alpha value is -1.74. The van der Waals surface area contributed by atoms with Crippen LogP contribution in [0.15, 0.2) is 48.5 Å². The Kier molecular flexibility index (Phi) is 6.38. The Balaban J connectivity index is 1.52. The van der Waals surface area contributed by atoms with Gasteiger partial charge in [0.1, 0.15) is 6.54 Å². The third-order valence-electron chi connectivity index (χ3n) is 7.00. The molecule has 1 saturated heterocycles. The topological polar surface area (TPSA) is 74.8 Å². The summed E-state index contributed by atoms with van der Waals surface area (Å²) in [4.78, 5) is 54.0. The summed E-state index contributed by atoms with van der Waals surface area (Å²) in [5.41, 5.74) is 0.409. The van der Waals surface area contributed by atoms with Crippen LogP contribution in [-0.2, 0) is 9.59 Å². The second-order valence-electron chi connectivity index (χ2n) is 8.76. The fraction of sp³-hybridized carbons (Fsp3) is 0.333. The molecular weight excluding hydrogens is 611 g/mol. The van der Waals surface area contributed by atoms with Crippen LogP contribution in [0.2, 0.25) is 10.0 Å². The summed E-state index contributed by atoms with van der Waals surface area (Å²) < 4.78 is 0. The van der Waals surface area contributed by atoms with Gasteiger partial charge < -0.3 is 0 Å². The summed E-state index contributed by atoms with van der Waals surface area (Å²) in [6, 6.07) is 12.6. The van der Waals surface area contributed by atoms with Gasteiger partial charge in [0.15, 0.2) is 5.78 Å². The Morgan fingerprint density at radius 1 is 0.912 bits per heavy atom. The molecular formula is C24H18Br2Cl2N2O4. The SMILES string of the molecule is O=C(CN(C(=O)c1ccccc1Cl)N1C(=O)[C@@H]2[C@H]3C[C@@H]([C@H](Br)[C@H]3Br)[C@@H]2C1=O)c1ccc(Cl)cc1. The Morgan fingerprint density at radius 2 is 1.47 bits per heavy atom. The van der Waals surface area contributed by atoms with Crippen molar-refractivity contribution in [1.29, 1.82) is 0 Å². The summed E-state index contributed by atoms with van der Waals surface area (Å²) in [6.07, 6.45) is 0.759. The predicted molar refractivity (Wildman–Crippen MR) is 134 cm³/mol. The van der Waals surface area contributed by atoms with Gasteiger partial charge in [-0.05, 0) is 54.7 Å². The molecule has 3 fully saturated rings. The van der Waals surface area contributed by atoms with Crippen LogP contribution < -0.4 is 0 Å². The summed E-state index contributed by atoms with van der Waals surface area (Å²) in [5.74, 6) is -3.12. The van der Waals surface area contributed by atoms with E-state index < -0.39 is 41.9 Å². The van der Waals surface area contributed by atoms with Crippen LogP contribution in [0.25, 0.3) is 0 Å². The Labute approximate surface area is 222 Å². The highest BCUT2D eigenvalue weighted by atomic mass is 79.9. The summed E-state index contributed by atoms with van der Waals surface area (Å²) in [6.45, 7) is -0.493. The number of hydrazine groups is 1. The second kappa shape index (κ2) is 9.04. The first-order valence-electron chi connectivity index (χ1n) is 10.7. The maximum atomic E-state index is 13.6. The normalized spacial score (nSPS) is 29.5. The molecule has 2 aliphatic carbocycles. The number of hydrogen-bond acceptors (Lipinski definition) is 4. The van der Waals surface area contributed by atoms with Crippen molar-refractivity contribution >= 4 is 78.6 Å². The maximum absolute atomic E-state index is 13.6. The number of nitrogens with zero attached hydrogens (tertiary/aromatic N) is 2. The number of carbonyl (C=O) groups excluding carboxylic acids is 4. The van der Waals surface area contributed by atoms with Crippen molar-refractivity contribution in [3.05, 3.63) is 69.7 Å². The highest BCUT2D eigenvalue weighted by molar-refractivity contribution is 9.12. The molecule has 5 rings (SSSR count). The second-order valence-corrected chi connectivity index (χ2v) is 11.7. The number of rotatable bonds is 5. The number of imide groups is 1. The molecule has 2 bridgehead atoms. The van der Waals surface area contributed by atoms with Gasteiger partial charge in [0, 0.05) is 20.2 Å². The standard InChI is InChI=1S/C24H18Br2Cl2N2O4/c25-20-14-9-15(21(20)26)19-18(14)23(33)30(24(19)34)29(22(32)13-3-1-2-4-16(13)28)10-17(31)11-5-7-12(27)8-6-11/h1-8,14-15,18-21H,9-10H2/t14-,15-,18-,19+,20+,21+/m1/s1. The number of carbonyl (C=O) groups is 4. The number of amides is 3. The van der Waals surface area contributed by atoms with Gasteiger partial charge >= 0.3 is 0 Å². The zero-order chi connectivity index (χ0) is 24.3. The largest absolute Gasteiger partial charge is 0.292 e. The molecule has 0 unspecified atom stereocenters. The van der Waals surface area contributed by atoms with Crippen molar-refractivity contribution in [3.8, 4) is 0 Å². The highest BCUT2D eigenvalue weighted by Gasteiger charge is 2.67. The third-order valence-corrected chi connectivity index (χ3v) is 10.8. The van der Waals surface area contributed by atoms with E-state index in [1.54, 1.807) is 30.3 Å². The molecule has 10 heteroatoms. The van der Waals surface area contributed by atoms with Crippen molar-refractivity contribution in [2.24, 2.45) is 23.7 Å². The minimum Gasteiger partial charge on any atom is -0.292 e. The van der Waals surface area contributed by atoms with Crippen LogP contribution in [0.1, 0.15) is 27.1 Å². The van der Waals surface area contributed by atoms with E-state index >= 15 is 0 Å². The number of hydrogen-bond donors (Lipinski definition) is 0. The summed E-state index contributed by atoms with van der Waals surface area (Å²) >= 11 is 19.5. The van der Waals surface area contributed by atoms with Gasteiger partial charge in [0.25, 0.3) is 17.7 Å². The lowest BCUT2D eigenvalue weighted by molar-refractivity contribution is -0.154. The maximum Gasteiger partial charge on any atom is 0.274 e. The molecule has 6 atom stereocenters. The van der Waals surface area contributed by atoms with Gasteiger partial charge in [-0.1, -0.05) is 67.2 Å². The predicted octanol–water partition coefficient (Wildman–Crippen LogP) is 5.01. The number of Topliss-reactive ketones (excluding diaryl/α,β-unsaturated/α-hetero) is 1. The van der Waals surface area contributed by atoms with Gasteiger partial charge in [-0.15, -0.1) is 0 Å². The lowest BCUT2D eigenvalue weighted by atomic mass is 9.81. The van der Waals surface area contributed by atoms with Crippen LogP contribution >= 0.6 is 55.1 Å². The van der Waals surface area contributed by atoms with E-state index in [-0.39, 0.29) is 32.1 Å². The first kappa shape index (κ1) is 24.0. The van der Waals surface area contributed by atoms with Crippen molar-refractivity contribution in [2.45, 2.75) is 16.1 Å². The molecule has 6 nitrogen and oxygen atoms in total. The monoisotopic (exact) mass is 626 g/mol. The average molecular weight is 629 g/mol. The average Bonchev–Trinajstić information content (AvgIpc) is 3.43. The van der Waals surface area contributed by atoms with E-state index in [4.69, 9.17) is 23.2 Å². The Morgan fingerprint density at radius 3 is 2.03 bits per heavy atom. The fourth-order valence-corrected chi connectivity index (χ4v) is 7.66. The molecule has 0 spiro atoms. The van der Waals surface area contributed by atoms with E-state index in [1.807, 2.05) is 0 Å². The molecule has 34 heavy (non-hydrogen) atoms. The highest BCUT2D eigenvalue weighted by Crippen LogP contribution is 2.60. The molecule has 1 heterocycles. The molecule has 2 saturated carbocycles. The lowest BCUT2D eigenvalue weighted by Gasteiger charge is -2.31. The quantitative estimate of drug-likeness (QED) is 0.265. The fourth-order valence-electron chi connectivity index (χ4n) is 5.44. The lowest BCUT2D eigenvalue weighted by Crippen LogP contribution is -2.52. The number of fused-ring (bicyclic) bond motifs is 5. The van der Waals surface area contributed by atoms with Crippen LogP contribution in [0, 0.1) is 23.7 Å². The van der Waals surface area contributed by atoms with E-state index in [0.29, 0.717) is 10.6 Å². The first-order valence-corrected chi connectivity index (χ1v) is 13.3. The Bertz CT molecular complexity index is 1180. The zero-order valence-corrected chi connectivity index (χ0v) is 22.2. The van der Waals surface area contributed by atoms with Crippen LogP contribution in [0.3, 0.4) is 0 Å². The van der Waals surface area contributed by atoms with E-state index in [2.05, 4.69) is 31.9 Å². The van der Waals surface area contributed by atoms with Gasteiger partial charge in [-0.3, -0.25) is 19.2 Å². The van der Waals surface area contributed by atoms with Crippen LogP contribution in [0.4, 0.5) is 0 Å². The smallest absolute Gasteiger partial charge is 0.274 e. The van der Waals surface area contributed by atoms with Gasteiger partial charge in [-0.2, -0.15) is 5.01 Å². The molecule has 0 N–H and O–H groups in total. The van der Waals surface area contributed by atoms with Gasteiger partial charge in [-0.25, -0.2) is 5.01 Å². The molecule has 1 aliphatic heterocycles. The summed E-state index contributed by atoms with van der Waals surface area (Å²) in [7, 11) is 0. The minimum atomic E-state index is -0.687. The number of alkyl halides is 2. The van der Waals surface area contributed by atoms with E-state index in [1.165, 1.54) is 18.2 Å². The van der Waals surface area contributed by atoms with Gasteiger partial charge in [0.05, 0.1) is 22.4 Å². The number of ketones is 1. The van der Waals surface area contributed by atoms with Crippen molar-refractivity contribution < 1.29 is 19.2 Å². The third kappa shape index (κ3) is 3.74. The number of halogens is 4. The number of benzene rings is 2. The van der Waals surface area contributed by atoms with Crippen molar-refractivity contribution in [1.82, 2.24) is 10.0 Å². The molecule has 3 aliphatic rings. The molecule has 2 aromatic carbocycles. The van der Waals surface area contributed by atoms with Gasteiger partial charge in [0.2, 0.25) is 0 Å². The van der Waals surface area contributed by atoms with E-state index in [9.17, 15) is 19.2 Å². The summed E-state index contributed by atoms with van der Waals surface area (Å²) in [5, 5.41) is 2.46. The van der Waals surface area contributed by atoms with Crippen molar-refractivity contribution in [2.75, 3.05) is 6.54 Å². The zero-order valence-electron chi connectivity index (χ0n) is 17.5. The molecule has 2 aromatic rings.